The summed E-state index contributed by atoms with van der Waals surface area (Å²) in [6.45, 7) is 15.3. The summed E-state index contributed by atoms with van der Waals surface area (Å²) in [5.74, 6) is 2.73. The van der Waals surface area contributed by atoms with Crippen LogP contribution in [-0.2, 0) is 0 Å². The predicted octanol–water partition coefficient (Wildman–Crippen LogP) is 3.06. The van der Waals surface area contributed by atoms with E-state index in [4.69, 9.17) is 0 Å². The molecule has 0 saturated carbocycles. The molecule has 0 aliphatic carbocycles. The van der Waals surface area contributed by atoms with Gasteiger partial charge in [0.2, 0.25) is 0 Å². The Hall–Kier alpha value is 0.662. The van der Waals surface area contributed by atoms with Crippen molar-refractivity contribution in [1.82, 2.24) is 0 Å². The molecule has 0 bridgehead atoms. The van der Waals surface area contributed by atoms with Gasteiger partial charge in [-0.1, -0.05) is 80.1 Å². The third-order valence-electron chi connectivity index (χ3n) is 4.20. The van der Waals surface area contributed by atoms with Crippen LogP contribution in [0.1, 0.15) is 80.1 Å². The van der Waals surface area contributed by atoms with Crippen molar-refractivity contribution in [1.29, 1.82) is 0 Å². The van der Waals surface area contributed by atoms with Crippen LogP contribution < -0.4 is 18.9 Å². The Morgan fingerprint density at radius 3 is 1.06 bits per heavy atom. The topological polar surface area (TPSA) is 0 Å². The maximum Gasteiger partial charge on any atom is 1.00 e. The Kier molecular flexibility index (Phi) is 13.8. The van der Waals surface area contributed by atoms with Gasteiger partial charge in [0.1, 0.15) is 0 Å². The molecule has 0 saturated heterocycles. The molecule has 3 unspecified atom stereocenters. The molecule has 97 valence electrons. The van der Waals surface area contributed by atoms with Gasteiger partial charge in [0.25, 0.3) is 0 Å². The molecule has 0 aromatic carbocycles. The van der Waals surface area contributed by atoms with Crippen LogP contribution in [0.4, 0.5) is 0 Å². The largest absolute Gasteiger partial charge is 1.00 e. The summed E-state index contributed by atoms with van der Waals surface area (Å²) in [6.07, 6.45) is 8.26. The first kappa shape index (κ1) is 20.0. The van der Waals surface area contributed by atoms with Crippen molar-refractivity contribution in [2.24, 2.45) is 0 Å². The maximum atomic E-state index is 2.48. The van der Waals surface area contributed by atoms with E-state index in [1.165, 1.54) is 38.5 Å². The second-order valence-corrected chi connectivity index (χ2v) is 5.88. The van der Waals surface area contributed by atoms with Crippen molar-refractivity contribution in [2.45, 2.75) is 97.5 Å². The minimum absolute atomic E-state index is 0. The fourth-order valence-electron chi connectivity index (χ4n) is 3.63. The number of hydrogen-bond acceptors (Lipinski definition) is 0. The molecule has 3 atom stereocenters. The first-order valence-electron chi connectivity index (χ1n) is 7.58. The third kappa shape index (κ3) is 7.63. The Morgan fingerprint density at radius 1 is 0.647 bits per heavy atom. The van der Waals surface area contributed by atoms with Crippen LogP contribution in [0.15, 0.2) is 0 Å². The molecular weight excluding hydrogens is 198 g/mol. The van der Waals surface area contributed by atoms with Gasteiger partial charge in [-0.05, 0) is 0 Å². The van der Waals surface area contributed by atoms with Crippen LogP contribution in [0.25, 0.3) is 0 Å². The van der Waals surface area contributed by atoms with E-state index in [0.29, 0.717) is 0 Å². The average molecular weight is 231 g/mol. The summed E-state index contributed by atoms with van der Waals surface area (Å²) in [7, 11) is 0. The van der Waals surface area contributed by atoms with Crippen molar-refractivity contribution in [3.8, 4) is 0 Å². The van der Waals surface area contributed by atoms with Gasteiger partial charge in [-0.15, -0.1) is 6.71 Å². The fraction of sp³-hybridized carbons (Fsp3) is 1.00. The molecule has 0 heterocycles. The van der Waals surface area contributed by atoms with Crippen LogP contribution >= 0.6 is 0 Å². The average Bonchev–Trinajstić information content (AvgIpc) is 2.19. The van der Waals surface area contributed by atoms with Gasteiger partial charge in [0.05, 0.1) is 0 Å². The summed E-state index contributed by atoms with van der Waals surface area (Å²) < 4.78 is 0. The van der Waals surface area contributed by atoms with Crippen LogP contribution in [0.2, 0.25) is 17.5 Å². The van der Waals surface area contributed by atoms with Gasteiger partial charge >= 0.3 is 18.9 Å². The van der Waals surface area contributed by atoms with Crippen LogP contribution in [-0.4, -0.2) is 6.71 Å². The summed E-state index contributed by atoms with van der Waals surface area (Å²) in [6, 6.07) is 0. The van der Waals surface area contributed by atoms with E-state index in [9.17, 15) is 0 Å². The molecule has 0 nitrogen and oxygen atoms in total. The quantitative estimate of drug-likeness (QED) is 0.535. The zero-order valence-electron chi connectivity index (χ0n) is 13.6. The maximum absolute atomic E-state index is 2.48. The Bertz CT molecular complexity index is 132. The van der Waals surface area contributed by atoms with Crippen molar-refractivity contribution < 1.29 is 18.9 Å². The predicted molar refractivity (Wildman–Crippen MR) is 78.8 cm³/mol. The van der Waals surface area contributed by atoms with Crippen molar-refractivity contribution in [3.63, 3.8) is 0 Å². The first-order valence-corrected chi connectivity index (χ1v) is 7.58. The molecule has 0 amide bonds. The van der Waals surface area contributed by atoms with Gasteiger partial charge < -0.3 is 0 Å². The van der Waals surface area contributed by atoms with Gasteiger partial charge in [0.15, 0.2) is 0 Å². The molecule has 0 aromatic rings. The van der Waals surface area contributed by atoms with Crippen LogP contribution in [0, 0.1) is 0 Å². The monoisotopic (exact) mass is 231 g/mol. The van der Waals surface area contributed by atoms with Crippen molar-refractivity contribution in [3.05, 3.63) is 0 Å². The van der Waals surface area contributed by atoms with E-state index in [1.807, 2.05) is 0 Å². The van der Waals surface area contributed by atoms with Gasteiger partial charge in [-0.2, -0.15) is 17.5 Å². The summed E-state index contributed by atoms with van der Waals surface area (Å²) >= 11 is 0. The smallest absolute Gasteiger partial charge is 0.199 e. The Balaban J connectivity index is 0. The molecule has 0 aliphatic heterocycles. The molecule has 1 radical (unpaired) electrons. The second kappa shape index (κ2) is 11.7. The minimum atomic E-state index is 0. The molecule has 0 rings (SSSR count). The van der Waals surface area contributed by atoms with Crippen molar-refractivity contribution in [2.75, 3.05) is 0 Å². The Labute approximate surface area is 123 Å². The van der Waals surface area contributed by atoms with E-state index in [1.54, 1.807) is 0 Å². The molecule has 0 N–H and O–H groups in total. The normalized spacial score (nSPS) is 16.4. The molecule has 0 fully saturated rings. The SMILES string of the molecule is CCCC(C)[B-](C(C)CCC)C(C)CCC.[Li+]. The van der Waals surface area contributed by atoms with Crippen LogP contribution in [0.5, 0.6) is 0 Å². The van der Waals surface area contributed by atoms with E-state index in [-0.39, 0.29) is 18.9 Å². The molecule has 17 heavy (non-hydrogen) atoms. The third-order valence-corrected chi connectivity index (χ3v) is 4.20. The van der Waals surface area contributed by atoms with Gasteiger partial charge in [0, 0.05) is 0 Å². The van der Waals surface area contributed by atoms with E-state index in [0.717, 1.165) is 24.2 Å². The van der Waals surface area contributed by atoms with E-state index >= 15 is 0 Å². The Morgan fingerprint density at radius 2 is 0.882 bits per heavy atom. The molecule has 0 aromatic heterocycles. The molecule has 0 aliphatic rings. The summed E-state index contributed by atoms with van der Waals surface area (Å²) in [5.41, 5.74) is 0. The van der Waals surface area contributed by atoms with Gasteiger partial charge in [-0.25, -0.2) is 0 Å². The van der Waals surface area contributed by atoms with E-state index in [2.05, 4.69) is 41.5 Å². The zero-order chi connectivity index (χ0) is 12.6. The molecule has 2 heteroatoms. The molecular formula is C15H33BLi. The minimum Gasteiger partial charge on any atom is -0.199 e. The van der Waals surface area contributed by atoms with Crippen molar-refractivity contribution >= 4 is 6.71 Å². The zero-order valence-corrected chi connectivity index (χ0v) is 13.6. The van der Waals surface area contributed by atoms with Gasteiger partial charge in [-0.3, -0.25) is 0 Å². The van der Waals surface area contributed by atoms with E-state index < -0.39 is 0 Å². The fourth-order valence-corrected chi connectivity index (χ4v) is 3.63. The summed E-state index contributed by atoms with van der Waals surface area (Å²) in [5, 5.41) is 0. The second-order valence-electron chi connectivity index (χ2n) is 5.88. The number of rotatable bonds is 9. The summed E-state index contributed by atoms with van der Waals surface area (Å²) in [4.78, 5) is 0. The molecule has 0 spiro atoms. The first-order chi connectivity index (χ1) is 7.58. The standard InChI is InChI=1S/C15H33B.Li/c1-7-10-13(4)16(14(5)11-8-2)15(6)12-9-3;/h13-15H,7-12H2,1-6H3;/q-1;+1. The van der Waals surface area contributed by atoms with Crippen LogP contribution in [0.3, 0.4) is 0 Å². The number of hydrogen-bond donors (Lipinski definition) is 0.